The standard InChI is InChI=1S/C21H28N4O3S/c1-14-19(15(2)28-24-14)12-29-13-20(26)23-18-5-3-4-16(10-18)11-25-8-6-17(7-9-25)21(22)27/h3-5,10,17H,6-9,11-13H2,1-2H3,(H2,22,27)(H,23,26). The van der Waals surface area contributed by atoms with Gasteiger partial charge in [-0.25, -0.2) is 0 Å². The number of piperidine rings is 1. The molecule has 0 bridgehead atoms. The number of carbonyl (C=O) groups excluding carboxylic acids is 2. The predicted octanol–water partition coefficient (Wildman–Crippen LogP) is 2.86. The Morgan fingerprint density at radius 2 is 2.07 bits per heavy atom. The molecule has 1 aromatic heterocycles. The van der Waals surface area contributed by atoms with Crippen molar-refractivity contribution in [2.75, 3.05) is 24.2 Å². The van der Waals surface area contributed by atoms with Crippen LogP contribution in [0.5, 0.6) is 0 Å². The van der Waals surface area contributed by atoms with Gasteiger partial charge in [-0.1, -0.05) is 17.3 Å². The highest BCUT2D eigenvalue weighted by molar-refractivity contribution is 7.99. The number of benzene rings is 1. The van der Waals surface area contributed by atoms with Crippen molar-refractivity contribution in [3.63, 3.8) is 0 Å². The number of thioether (sulfide) groups is 1. The van der Waals surface area contributed by atoms with Crippen molar-refractivity contribution < 1.29 is 14.1 Å². The summed E-state index contributed by atoms with van der Waals surface area (Å²) in [7, 11) is 0. The summed E-state index contributed by atoms with van der Waals surface area (Å²) in [6, 6.07) is 7.93. The van der Waals surface area contributed by atoms with E-state index in [1.54, 1.807) is 11.8 Å². The molecule has 1 aliphatic heterocycles. The number of rotatable bonds is 8. The second-order valence-electron chi connectivity index (χ2n) is 7.50. The maximum Gasteiger partial charge on any atom is 0.234 e. The van der Waals surface area contributed by atoms with Crippen LogP contribution >= 0.6 is 11.8 Å². The molecule has 1 aliphatic rings. The van der Waals surface area contributed by atoms with Crippen LogP contribution in [0.15, 0.2) is 28.8 Å². The van der Waals surface area contributed by atoms with E-state index in [-0.39, 0.29) is 17.7 Å². The van der Waals surface area contributed by atoms with Gasteiger partial charge in [-0.15, -0.1) is 11.8 Å². The summed E-state index contributed by atoms with van der Waals surface area (Å²) in [5.74, 6) is 1.66. The maximum atomic E-state index is 12.3. The first-order chi connectivity index (χ1) is 13.9. The second kappa shape index (κ2) is 9.93. The molecule has 0 unspecified atom stereocenters. The molecule has 3 N–H and O–H groups in total. The molecule has 2 aromatic rings. The van der Waals surface area contributed by atoms with Crippen molar-refractivity contribution in [1.82, 2.24) is 10.1 Å². The highest BCUT2D eigenvalue weighted by Gasteiger charge is 2.23. The number of aryl methyl sites for hydroxylation is 2. The zero-order valence-corrected chi connectivity index (χ0v) is 17.8. The lowest BCUT2D eigenvalue weighted by atomic mass is 9.96. The largest absolute Gasteiger partial charge is 0.369 e. The molecule has 1 fully saturated rings. The normalized spacial score (nSPS) is 15.4. The number of nitrogens with one attached hydrogen (secondary N) is 1. The Balaban J connectivity index is 1.45. The number of carbonyl (C=O) groups is 2. The molecule has 2 heterocycles. The topological polar surface area (TPSA) is 101 Å². The van der Waals surface area contributed by atoms with E-state index in [1.165, 1.54) is 0 Å². The van der Waals surface area contributed by atoms with E-state index in [4.69, 9.17) is 10.3 Å². The van der Waals surface area contributed by atoms with Crippen LogP contribution in [0.25, 0.3) is 0 Å². The Kier molecular flexibility index (Phi) is 7.33. The summed E-state index contributed by atoms with van der Waals surface area (Å²) in [6.07, 6.45) is 1.63. The average Bonchev–Trinajstić information content (AvgIpc) is 3.01. The van der Waals surface area contributed by atoms with E-state index < -0.39 is 0 Å². The Morgan fingerprint density at radius 3 is 2.72 bits per heavy atom. The minimum absolute atomic E-state index is 0.000206. The van der Waals surface area contributed by atoms with Gasteiger partial charge in [0.1, 0.15) is 5.76 Å². The molecule has 8 heteroatoms. The van der Waals surface area contributed by atoms with Crippen molar-refractivity contribution in [2.24, 2.45) is 11.7 Å². The van der Waals surface area contributed by atoms with Crippen LogP contribution < -0.4 is 11.1 Å². The average molecular weight is 417 g/mol. The first kappa shape index (κ1) is 21.4. The Bertz CT molecular complexity index is 840. The second-order valence-corrected chi connectivity index (χ2v) is 8.48. The van der Waals surface area contributed by atoms with E-state index in [9.17, 15) is 9.59 Å². The van der Waals surface area contributed by atoms with Gasteiger partial charge in [0.05, 0.1) is 11.4 Å². The van der Waals surface area contributed by atoms with Gasteiger partial charge in [0.15, 0.2) is 0 Å². The molecule has 0 radical (unpaired) electrons. The van der Waals surface area contributed by atoms with Crippen molar-refractivity contribution in [3.05, 3.63) is 46.8 Å². The molecule has 0 spiro atoms. The van der Waals surface area contributed by atoms with Crippen molar-refractivity contribution >= 4 is 29.3 Å². The molecule has 0 saturated carbocycles. The molecular weight excluding hydrogens is 388 g/mol. The van der Waals surface area contributed by atoms with Crippen LogP contribution in [0.2, 0.25) is 0 Å². The summed E-state index contributed by atoms with van der Waals surface area (Å²) in [4.78, 5) is 25.9. The summed E-state index contributed by atoms with van der Waals surface area (Å²) in [6.45, 7) is 6.33. The van der Waals surface area contributed by atoms with Gasteiger partial charge in [-0.3, -0.25) is 14.5 Å². The molecule has 0 atom stereocenters. The number of nitrogens with two attached hydrogens (primary N) is 1. The molecule has 156 valence electrons. The maximum absolute atomic E-state index is 12.3. The molecule has 29 heavy (non-hydrogen) atoms. The third kappa shape index (κ3) is 6.08. The van der Waals surface area contributed by atoms with E-state index in [1.807, 2.05) is 32.0 Å². The van der Waals surface area contributed by atoms with Crippen molar-refractivity contribution in [3.8, 4) is 0 Å². The molecule has 2 amide bonds. The van der Waals surface area contributed by atoms with Gasteiger partial charge < -0.3 is 15.6 Å². The molecule has 1 saturated heterocycles. The first-order valence-electron chi connectivity index (χ1n) is 9.82. The predicted molar refractivity (Wildman–Crippen MR) is 114 cm³/mol. The lowest BCUT2D eigenvalue weighted by molar-refractivity contribution is -0.123. The lowest BCUT2D eigenvalue weighted by Gasteiger charge is -2.30. The molecule has 0 aliphatic carbocycles. The van der Waals surface area contributed by atoms with Crippen LogP contribution in [-0.2, 0) is 21.9 Å². The van der Waals surface area contributed by atoms with Gasteiger partial charge in [0, 0.05) is 29.5 Å². The van der Waals surface area contributed by atoms with Gasteiger partial charge in [0.2, 0.25) is 11.8 Å². The number of aromatic nitrogens is 1. The monoisotopic (exact) mass is 416 g/mol. The smallest absolute Gasteiger partial charge is 0.234 e. The van der Waals surface area contributed by atoms with Crippen molar-refractivity contribution in [2.45, 2.75) is 39.0 Å². The minimum atomic E-state index is -0.193. The summed E-state index contributed by atoms with van der Waals surface area (Å²) < 4.78 is 5.15. The molecular formula is C21H28N4O3S. The van der Waals surface area contributed by atoms with Crippen molar-refractivity contribution in [1.29, 1.82) is 0 Å². The fourth-order valence-electron chi connectivity index (χ4n) is 3.53. The number of primary amides is 1. The fraction of sp³-hybridized carbons (Fsp3) is 0.476. The third-order valence-corrected chi connectivity index (χ3v) is 6.23. The first-order valence-corrected chi connectivity index (χ1v) is 11.0. The van der Waals surface area contributed by atoms with Crippen LogP contribution in [0.1, 0.15) is 35.4 Å². The number of amides is 2. The van der Waals surface area contributed by atoms with E-state index >= 15 is 0 Å². The van der Waals surface area contributed by atoms with E-state index in [0.717, 1.165) is 60.7 Å². The van der Waals surface area contributed by atoms with Gasteiger partial charge in [-0.2, -0.15) is 0 Å². The number of hydrogen-bond acceptors (Lipinski definition) is 6. The van der Waals surface area contributed by atoms with E-state index in [0.29, 0.717) is 11.5 Å². The highest BCUT2D eigenvalue weighted by atomic mass is 32.2. The zero-order valence-electron chi connectivity index (χ0n) is 16.9. The zero-order chi connectivity index (χ0) is 20.8. The van der Waals surface area contributed by atoms with Crippen LogP contribution in [0.3, 0.4) is 0 Å². The summed E-state index contributed by atoms with van der Waals surface area (Å²) in [5, 5.41) is 6.91. The quantitative estimate of drug-likeness (QED) is 0.686. The molecule has 3 rings (SSSR count). The SMILES string of the molecule is Cc1noc(C)c1CSCC(=O)Nc1cccc(CN2CCC(C(N)=O)CC2)c1. The lowest BCUT2D eigenvalue weighted by Crippen LogP contribution is -2.38. The molecule has 7 nitrogen and oxygen atoms in total. The van der Waals surface area contributed by atoms with Crippen LogP contribution in [0.4, 0.5) is 5.69 Å². The number of hydrogen-bond donors (Lipinski definition) is 2. The fourth-order valence-corrected chi connectivity index (χ4v) is 4.51. The Morgan fingerprint density at radius 1 is 1.31 bits per heavy atom. The number of nitrogens with zero attached hydrogens (tertiary/aromatic N) is 2. The third-order valence-electron chi connectivity index (χ3n) is 5.27. The summed E-state index contributed by atoms with van der Waals surface area (Å²) >= 11 is 1.54. The van der Waals surface area contributed by atoms with E-state index in [2.05, 4.69) is 21.4 Å². The van der Waals surface area contributed by atoms with Crippen LogP contribution in [-0.4, -0.2) is 40.7 Å². The number of likely N-dealkylation sites (tertiary alicyclic amines) is 1. The molecule has 1 aromatic carbocycles. The van der Waals surface area contributed by atoms with Gasteiger partial charge >= 0.3 is 0 Å². The van der Waals surface area contributed by atoms with Gasteiger partial charge in [-0.05, 0) is 57.5 Å². The Labute approximate surface area is 175 Å². The minimum Gasteiger partial charge on any atom is -0.369 e. The highest BCUT2D eigenvalue weighted by Crippen LogP contribution is 2.21. The number of anilines is 1. The van der Waals surface area contributed by atoms with Crippen LogP contribution in [0, 0.1) is 19.8 Å². The summed E-state index contributed by atoms with van der Waals surface area (Å²) in [5.41, 5.74) is 9.28. The van der Waals surface area contributed by atoms with Gasteiger partial charge in [0.25, 0.3) is 0 Å². The Hall–Kier alpha value is -2.32.